The predicted molar refractivity (Wildman–Crippen MR) is 99.0 cm³/mol. The van der Waals surface area contributed by atoms with Gasteiger partial charge in [-0.1, -0.05) is 24.3 Å². The molecule has 5 nitrogen and oxygen atoms in total. The fourth-order valence-electron chi connectivity index (χ4n) is 3.48. The van der Waals surface area contributed by atoms with Gasteiger partial charge in [0.1, 0.15) is 5.52 Å². The summed E-state index contributed by atoms with van der Waals surface area (Å²) in [6, 6.07) is 13.8. The third kappa shape index (κ3) is 3.13. The molecule has 0 bridgehead atoms. The van der Waals surface area contributed by atoms with Crippen molar-refractivity contribution in [3.63, 3.8) is 0 Å². The maximum atomic E-state index is 11.6. The van der Waals surface area contributed by atoms with Gasteiger partial charge >= 0.3 is 0 Å². The van der Waals surface area contributed by atoms with Crippen molar-refractivity contribution in [2.75, 3.05) is 13.1 Å². The molecule has 0 aliphatic carbocycles. The number of carbonyl (C=O) groups is 1. The number of hydrogen-bond acceptors (Lipinski definition) is 3. The van der Waals surface area contributed by atoms with Crippen LogP contribution in [-0.2, 0) is 0 Å². The van der Waals surface area contributed by atoms with Crippen LogP contribution >= 0.6 is 11.8 Å². The monoisotopic (exact) mass is 354 g/mol. The molecule has 0 spiro atoms. The van der Waals surface area contributed by atoms with Crippen LogP contribution in [0.1, 0.15) is 34.7 Å². The second kappa shape index (κ2) is 6.50. The lowest BCUT2D eigenvalue weighted by atomic mass is 9.91. The summed E-state index contributed by atoms with van der Waals surface area (Å²) in [6.45, 7) is 1.84. The zero-order valence-electron chi connectivity index (χ0n) is 13.7. The average molecular weight is 355 g/mol. The summed E-state index contributed by atoms with van der Waals surface area (Å²) < 4.78 is 3.66. The van der Waals surface area contributed by atoms with E-state index in [2.05, 4.69) is 29.4 Å². The molecular weight excluding hydrogens is 336 g/mol. The molecule has 1 aliphatic heterocycles. The summed E-state index contributed by atoms with van der Waals surface area (Å²) in [5.41, 5.74) is 8.76. The Kier molecular flexibility index (Phi) is 4.19. The maximum absolute atomic E-state index is 11.6. The number of halogens is 1. The third-order valence-corrected chi connectivity index (χ3v) is 5.11. The number of carbonyl (C=O) groups excluding carboxylic acids is 1. The highest BCUT2D eigenvalue weighted by Gasteiger charge is 2.20. The molecule has 2 heterocycles. The number of aromatic nitrogens is 2. The van der Waals surface area contributed by atoms with Crippen LogP contribution in [0, 0.1) is 0 Å². The molecule has 2 N–H and O–H groups in total. The van der Waals surface area contributed by atoms with Crippen molar-refractivity contribution < 1.29 is 4.79 Å². The summed E-state index contributed by atoms with van der Waals surface area (Å²) in [5.74, 6) is 0.00702. The number of amides is 1. The van der Waals surface area contributed by atoms with Gasteiger partial charge in [0, 0.05) is 24.7 Å². The van der Waals surface area contributed by atoms with Gasteiger partial charge in [0.05, 0.1) is 11.3 Å². The van der Waals surface area contributed by atoms with Gasteiger partial charge in [-0.25, -0.2) is 9.10 Å². The van der Waals surface area contributed by atoms with Gasteiger partial charge in [0.2, 0.25) is 0 Å². The number of nitrogens with two attached hydrogens (primary N) is 1. The standard InChI is InChI=1S/C19H19ClN4O/c20-23-10-2-4-14(11-23)13-6-8-16(9-7-13)24-12-15-3-1-5-17(19(21)25)18(15)22-24/h1,3,5-9,12,14H,2,4,10-11H2,(H2,21,25). The number of hydrogen-bond donors (Lipinski definition) is 1. The fourth-order valence-corrected chi connectivity index (χ4v) is 3.76. The molecule has 3 aromatic rings. The minimum absolute atomic E-state index is 0.442. The van der Waals surface area contributed by atoms with Gasteiger partial charge < -0.3 is 5.73 Å². The molecule has 1 amide bonds. The number of nitrogens with zero attached hydrogens (tertiary/aromatic N) is 3. The molecule has 0 saturated carbocycles. The summed E-state index contributed by atoms with van der Waals surface area (Å²) in [5, 5.41) is 5.44. The number of benzene rings is 2. The van der Waals surface area contributed by atoms with Crippen molar-refractivity contribution >= 4 is 28.6 Å². The summed E-state index contributed by atoms with van der Waals surface area (Å²) in [7, 11) is 0. The largest absolute Gasteiger partial charge is 0.366 e. The zero-order valence-corrected chi connectivity index (χ0v) is 14.5. The molecule has 1 aromatic heterocycles. The number of fused-ring (bicyclic) bond motifs is 1. The van der Waals surface area contributed by atoms with Gasteiger partial charge in [0.15, 0.2) is 0 Å². The Labute approximate surface area is 151 Å². The van der Waals surface area contributed by atoms with Gasteiger partial charge in [-0.05, 0) is 54.3 Å². The maximum Gasteiger partial charge on any atom is 0.250 e. The highest BCUT2D eigenvalue weighted by Crippen LogP contribution is 2.28. The first-order valence-electron chi connectivity index (χ1n) is 8.41. The highest BCUT2D eigenvalue weighted by molar-refractivity contribution is 6.13. The molecular formula is C19H19ClN4O. The molecule has 1 unspecified atom stereocenters. The Morgan fingerprint density at radius 3 is 2.72 bits per heavy atom. The molecule has 2 aromatic carbocycles. The van der Waals surface area contributed by atoms with Gasteiger partial charge in [-0.15, -0.1) is 0 Å². The van der Waals surface area contributed by atoms with E-state index in [0.29, 0.717) is 17.0 Å². The lowest BCUT2D eigenvalue weighted by Crippen LogP contribution is -2.26. The third-order valence-electron chi connectivity index (χ3n) is 4.80. The summed E-state index contributed by atoms with van der Waals surface area (Å²) in [6.07, 6.45) is 4.20. The first-order valence-corrected chi connectivity index (χ1v) is 8.75. The Bertz CT molecular complexity index is 919. The van der Waals surface area contributed by atoms with E-state index in [1.54, 1.807) is 10.7 Å². The number of piperidine rings is 1. The van der Waals surface area contributed by atoms with E-state index >= 15 is 0 Å². The van der Waals surface area contributed by atoms with Crippen molar-refractivity contribution in [3.8, 4) is 5.69 Å². The minimum Gasteiger partial charge on any atom is -0.366 e. The quantitative estimate of drug-likeness (QED) is 0.732. The van der Waals surface area contributed by atoms with Crippen LogP contribution in [0.5, 0.6) is 0 Å². The predicted octanol–water partition coefficient (Wildman–Crippen LogP) is 3.46. The Hall–Kier alpha value is -2.37. The number of rotatable bonds is 3. The van der Waals surface area contributed by atoms with Crippen LogP contribution in [0.3, 0.4) is 0 Å². The van der Waals surface area contributed by atoms with Crippen molar-refractivity contribution in [2.45, 2.75) is 18.8 Å². The Morgan fingerprint density at radius 2 is 2.00 bits per heavy atom. The van der Waals surface area contributed by atoms with Crippen molar-refractivity contribution in [1.29, 1.82) is 0 Å². The minimum atomic E-state index is -0.464. The first kappa shape index (κ1) is 16.1. The normalized spacial score (nSPS) is 18.5. The van der Waals surface area contributed by atoms with Crippen molar-refractivity contribution in [1.82, 2.24) is 14.2 Å². The van der Waals surface area contributed by atoms with Crippen LogP contribution in [-0.4, -0.2) is 33.2 Å². The van der Waals surface area contributed by atoms with Crippen LogP contribution in [0.4, 0.5) is 0 Å². The van der Waals surface area contributed by atoms with E-state index in [1.807, 2.05) is 22.7 Å². The van der Waals surface area contributed by atoms with E-state index < -0.39 is 5.91 Å². The van der Waals surface area contributed by atoms with Crippen molar-refractivity contribution in [3.05, 3.63) is 59.8 Å². The molecule has 128 valence electrons. The van der Waals surface area contributed by atoms with Crippen LogP contribution in [0.15, 0.2) is 48.7 Å². The molecule has 1 aliphatic rings. The van der Waals surface area contributed by atoms with Gasteiger partial charge in [-0.3, -0.25) is 4.79 Å². The van der Waals surface area contributed by atoms with Crippen LogP contribution in [0.25, 0.3) is 16.6 Å². The molecule has 4 rings (SSSR count). The fraction of sp³-hybridized carbons (Fsp3) is 0.263. The Morgan fingerprint density at radius 1 is 1.20 bits per heavy atom. The van der Waals surface area contributed by atoms with E-state index in [1.165, 1.54) is 5.56 Å². The van der Waals surface area contributed by atoms with Gasteiger partial charge in [-0.2, -0.15) is 5.10 Å². The van der Waals surface area contributed by atoms with E-state index in [4.69, 9.17) is 17.5 Å². The highest BCUT2D eigenvalue weighted by atomic mass is 35.5. The topological polar surface area (TPSA) is 64.2 Å². The van der Waals surface area contributed by atoms with Gasteiger partial charge in [0.25, 0.3) is 5.91 Å². The Balaban J connectivity index is 1.65. The van der Waals surface area contributed by atoms with Crippen LogP contribution in [0.2, 0.25) is 0 Å². The van der Waals surface area contributed by atoms with E-state index in [-0.39, 0.29) is 0 Å². The SMILES string of the molecule is NC(=O)c1cccc2cn(-c3ccc(C4CCCN(Cl)C4)cc3)nc12. The molecule has 0 radical (unpaired) electrons. The summed E-state index contributed by atoms with van der Waals surface area (Å²) in [4.78, 5) is 11.6. The lowest BCUT2D eigenvalue weighted by Gasteiger charge is -2.27. The van der Waals surface area contributed by atoms with E-state index in [0.717, 1.165) is 37.0 Å². The van der Waals surface area contributed by atoms with Crippen LogP contribution < -0.4 is 5.73 Å². The summed E-state index contributed by atoms with van der Waals surface area (Å²) >= 11 is 6.16. The van der Waals surface area contributed by atoms with E-state index in [9.17, 15) is 4.79 Å². The molecule has 1 saturated heterocycles. The molecule has 1 fully saturated rings. The number of primary amides is 1. The smallest absolute Gasteiger partial charge is 0.250 e. The molecule has 1 atom stereocenters. The molecule has 25 heavy (non-hydrogen) atoms. The lowest BCUT2D eigenvalue weighted by molar-refractivity contribution is 0.100. The average Bonchev–Trinajstić information content (AvgIpc) is 3.06. The second-order valence-electron chi connectivity index (χ2n) is 6.48. The second-order valence-corrected chi connectivity index (χ2v) is 6.96. The molecule has 6 heteroatoms. The van der Waals surface area contributed by atoms with Crippen molar-refractivity contribution in [2.24, 2.45) is 5.73 Å². The first-order chi connectivity index (χ1) is 12.1. The zero-order chi connectivity index (χ0) is 17.4.